The fourth-order valence-electron chi connectivity index (χ4n) is 3.30. The lowest BCUT2D eigenvalue weighted by Gasteiger charge is -2.28. The van der Waals surface area contributed by atoms with Crippen molar-refractivity contribution in [3.63, 3.8) is 0 Å². The molecule has 0 atom stereocenters. The molecule has 1 fully saturated rings. The minimum Gasteiger partial charge on any atom is -0.379 e. The van der Waals surface area contributed by atoms with E-state index in [0.717, 1.165) is 45.0 Å². The first-order chi connectivity index (χ1) is 15.0. The average Bonchev–Trinajstić information content (AvgIpc) is 2.78. The van der Waals surface area contributed by atoms with E-state index in [1.807, 2.05) is 0 Å². The van der Waals surface area contributed by atoms with E-state index >= 15 is 0 Å². The first kappa shape index (κ1) is 22.8. The molecule has 8 nitrogen and oxygen atoms in total. The summed E-state index contributed by atoms with van der Waals surface area (Å²) in [4.78, 5) is 37.5. The topological polar surface area (TPSA) is 87.7 Å². The zero-order valence-electron chi connectivity index (χ0n) is 17.7. The number of nitrogens with zero attached hydrogens (tertiary/aromatic N) is 4. The largest absolute Gasteiger partial charge is 0.379 e. The molecule has 31 heavy (non-hydrogen) atoms. The molecule has 1 aromatic carbocycles. The van der Waals surface area contributed by atoms with Gasteiger partial charge in [-0.3, -0.25) is 19.5 Å². The number of halogens is 1. The minimum atomic E-state index is -0.496. The lowest BCUT2D eigenvalue weighted by Crippen LogP contribution is -2.40. The number of ether oxygens (including phenoxy) is 1. The van der Waals surface area contributed by atoms with Gasteiger partial charge in [0.2, 0.25) is 5.91 Å². The molecule has 2 amide bonds. The molecule has 0 radical (unpaired) electrons. The molecule has 0 unspecified atom stereocenters. The standard InChI is InChI=1S/C22H28FN5O3/c1-17-15-25-20(16-24-17)22(30)28(9-4-8-27-11-13-31-14-12-27)10-7-21(29)26-19-6-3-2-5-18(19)23/h2-3,5-6,15-16H,4,7-14H2,1H3,(H,26,29). The van der Waals surface area contributed by atoms with Crippen LogP contribution in [-0.2, 0) is 9.53 Å². The van der Waals surface area contributed by atoms with E-state index in [2.05, 4.69) is 20.2 Å². The van der Waals surface area contributed by atoms with Crippen LogP contribution in [0.5, 0.6) is 0 Å². The van der Waals surface area contributed by atoms with Crippen molar-refractivity contribution >= 4 is 17.5 Å². The zero-order valence-corrected chi connectivity index (χ0v) is 17.7. The molecule has 0 spiro atoms. The smallest absolute Gasteiger partial charge is 0.274 e. The fraction of sp³-hybridized carbons (Fsp3) is 0.455. The molecule has 2 heterocycles. The maximum atomic E-state index is 13.8. The Morgan fingerprint density at radius 3 is 2.65 bits per heavy atom. The molecule has 1 N–H and O–H groups in total. The fourth-order valence-corrected chi connectivity index (χ4v) is 3.30. The summed E-state index contributed by atoms with van der Waals surface area (Å²) in [6.07, 6.45) is 3.81. The monoisotopic (exact) mass is 429 g/mol. The van der Waals surface area contributed by atoms with Crippen LogP contribution in [0.1, 0.15) is 29.0 Å². The summed E-state index contributed by atoms with van der Waals surface area (Å²) in [6.45, 7) is 6.53. The number of aryl methyl sites for hydroxylation is 1. The van der Waals surface area contributed by atoms with Crippen LogP contribution in [0.25, 0.3) is 0 Å². The van der Waals surface area contributed by atoms with Gasteiger partial charge in [-0.15, -0.1) is 0 Å². The van der Waals surface area contributed by atoms with Crippen LogP contribution in [0.3, 0.4) is 0 Å². The maximum absolute atomic E-state index is 13.8. The number of para-hydroxylation sites is 1. The normalized spacial score (nSPS) is 14.3. The highest BCUT2D eigenvalue weighted by Crippen LogP contribution is 2.13. The van der Waals surface area contributed by atoms with E-state index < -0.39 is 5.82 Å². The van der Waals surface area contributed by atoms with Gasteiger partial charge in [0.15, 0.2) is 0 Å². The number of benzene rings is 1. The lowest BCUT2D eigenvalue weighted by atomic mass is 10.2. The van der Waals surface area contributed by atoms with Crippen LogP contribution in [0, 0.1) is 12.7 Å². The van der Waals surface area contributed by atoms with Crippen molar-refractivity contribution in [1.29, 1.82) is 0 Å². The van der Waals surface area contributed by atoms with E-state index in [0.29, 0.717) is 6.54 Å². The highest BCUT2D eigenvalue weighted by atomic mass is 19.1. The van der Waals surface area contributed by atoms with Gasteiger partial charge >= 0.3 is 0 Å². The summed E-state index contributed by atoms with van der Waals surface area (Å²) in [5, 5.41) is 2.56. The van der Waals surface area contributed by atoms with Gasteiger partial charge in [-0.2, -0.15) is 0 Å². The van der Waals surface area contributed by atoms with E-state index in [1.165, 1.54) is 18.3 Å². The first-order valence-electron chi connectivity index (χ1n) is 10.5. The Balaban J connectivity index is 1.58. The number of carbonyl (C=O) groups excluding carboxylic acids is 2. The second-order valence-corrected chi connectivity index (χ2v) is 7.42. The van der Waals surface area contributed by atoms with E-state index in [1.54, 1.807) is 30.2 Å². The molecule has 1 saturated heterocycles. The maximum Gasteiger partial charge on any atom is 0.274 e. The Morgan fingerprint density at radius 1 is 1.16 bits per heavy atom. The molecule has 1 aromatic heterocycles. The second-order valence-electron chi connectivity index (χ2n) is 7.42. The zero-order chi connectivity index (χ0) is 22.1. The number of hydrogen-bond acceptors (Lipinski definition) is 6. The number of anilines is 1. The van der Waals surface area contributed by atoms with Crippen LogP contribution in [0.4, 0.5) is 10.1 Å². The summed E-state index contributed by atoms with van der Waals surface area (Å²) in [5.41, 5.74) is 1.09. The van der Waals surface area contributed by atoms with Gasteiger partial charge in [0.05, 0.1) is 30.8 Å². The molecule has 0 bridgehead atoms. The Bertz CT molecular complexity index is 872. The predicted octanol–water partition coefficient (Wildman–Crippen LogP) is 2.12. The number of amides is 2. The first-order valence-corrected chi connectivity index (χ1v) is 10.5. The van der Waals surface area contributed by atoms with E-state index in [-0.39, 0.29) is 36.2 Å². The van der Waals surface area contributed by atoms with Gasteiger partial charge in [0.1, 0.15) is 11.5 Å². The van der Waals surface area contributed by atoms with E-state index in [4.69, 9.17) is 4.74 Å². The minimum absolute atomic E-state index is 0.0525. The van der Waals surface area contributed by atoms with Gasteiger partial charge in [0.25, 0.3) is 5.91 Å². The Hall–Kier alpha value is -2.91. The van der Waals surface area contributed by atoms with Gasteiger partial charge in [-0.05, 0) is 25.5 Å². The Labute approximate surface area is 181 Å². The molecule has 2 aromatic rings. The summed E-state index contributed by atoms with van der Waals surface area (Å²) >= 11 is 0. The molecule has 1 aliphatic rings. The summed E-state index contributed by atoms with van der Waals surface area (Å²) in [6, 6.07) is 5.99. The van der Waals surface area contributed by atoms with Crippen LogP contribution >= 0.6 is 0 Å². The SMILES string of the molecule is Cc1cnc(C(=O)N(CCCN2CCOCC2)CCC(=O)Nc2ccccc2F)cn1. The molecule has 1 aliphatic heterocycles. The summed E-state index contributed by atoms with van der Waals surface area (Å²) in [5.74, 6) is -1.12. The molecular weight excluding hydrogens is 401 g/mol. The van der Waals surface area contributed by atoms with Crippen molar-refractivity contribution in [3.05, 3.63) is 53.9 Å². The van der Waals surface area contributed by atoms with Crippen molar-refractivity contribution in [3.8, 4) is 0 Å². The van der Waals surface area contributed by atoms with Crippen LogP contribution in [0.15, 0.2) is 36.7 Å². The molecule has 9 heteroatoms. The van der Waals surface area contributed by atoms with Crippen LogP contribution in [-0.4, -0.2) is 77.5 Å². The van der Waals surface area contributed by atoms with Crippen LogP contribution in [0.2, 0.25) is 0 Å². The lowest BCUT2D eigenvalue weighted by molar-refractivity contribution is -0.116. The molecular formula is C22H28FN5O3. The Kier molecular flexibility index (Phi) is 8.43. The number of rotatable bonds is 9. The van der Waals surface area contributed by atoms with Crippen molar-refractivity contribution in [2.45, 2.75) is 19.8 Å². The number of aromatic nitrogens is 2. The quantitative estimate of drug-likeness (QED) is 0.657. The van der Waals surface area contributed by atoms with Crippen molar-refractivity contribution in [2.24, 2.45) is 0 Å². The Morgan fingerprint density at radius 2 is 1.94 bits per heavy atom. The molecule has 0 aliphatic carbocycles. The molecule has 166 valence electrons. The third kappa shape index (κ3) is 7.08. The van der Waals surface area contributed by atoms with Gasteiger partial charge < -0.3 is 15.0 Å². The predicted molar refractivity (Wildman–Crippen MR) is 114 cm³/mol. The molecule has 0 saturated carbocycles. The number of hydrogen-bond donors (Lipinski definition) is 1. The third-order valence-electron chi connectivity index (χ3n) is 5.05. The van der Waals surface area contributed by atoms with Gasteiger partial charge in [-0.1, -0.05) is 12.1 Å². The van der Waals surface area contributed by atoms with E-state index in [9.17, 15) is 14.0 Å². The van der Waals surface area contributed by atoms with Crippen molar-refractivity contribution < 1.29 is 18.7 Å². The van der Waals surface area contributed by atoms with Crippen LogP contribution < -0.4 is 5.32 Å². The number of nitrogens with one attached hydrogen (secondary N) is 1. The van der Waals surface area contributed by atoms with Crippen molar-refractivity contribution in [1.82, 2.24) is 19.8 Å². The summed E-state index contributed by atoms with van der Waals surface area (Å²) < 4.78 is 19.1. The number of morpholine rings is 1. The van der Waals surface area contributed by atoms with Gasteiger partial charge in [-0.25, -0.2) is 9.37 Å². The average molecular weight is 429 g/mol. The summed E-state index contributed by atoms with van der Waals surface area (Å²) in [7, 11) is 0. The second kappa shape index (κ2) is 11.5. The van der Waals surface area contributed by atoms with Gasteiger partial charge in [0, 0.05) is 45.3 Å². The highest BCUT2D eigenvalue weighted by molar-refractivity contribution is 5.93. The molecule has 3 rings (SSSR count). The third-order valence-corrected chi connectivity index (χ3v) is 5.05. The number of carbonyl (C=O) groups is 2. The highest BCUT2D eigenvalue weighted by Gasteiger charge is 2.19. The van der Waals surface area contributed by atoms with Crippen molar-refractivity contribution in [2.75, 3.05) is 51.3 Å².